The fraction of sp³-hybridized carbons (Fsp3) is 0.464. The van der Waals surface area contributed by atoms with Gasteiger partial charge in [-0.15, -0.1) is 11.3 Å². The third kappa shape index (κ3) is 5.02. The number of rotatable bonds is 5. The Morgan fingerprint density at radius 1 is 1.03 bits per heavy atom. The molecule has 1 aliphatic carbocycles. The maximum Gasteiger partial charge on any atom is 0.246 e. The van der Waals surface area contributed by atoms with Gasteiger partial charge in [0.15, 0.2) is 0 Å². The van der Waals surface area contributed by atoms with Crippen molar-refractivity contribution in [3.05, 3.63) is 58.2 Å². The minimum Gasteiger partial charge on any atom is -0.352 e. The molecule has 1 fully saturated rings. The van der Waals surface area contributed by atoms with Crippen LogP contribution in [0.25, 0.3) is 16.3 Å². The number of carbonyl (C=O) groups is 1. The minimum atomic E-state index is 0.0845. The lowest BCUT2D eigenvalue weighted by Crippen LogP contribution is -2.48. The first-order valence-electron chi connectivity index (χ1n) is 12.7. The number of nitrogens with zero attached hydrogens (tertiary/aromatic N) is 4. The maximum absolute atomic E-state index is 12.8. The Hall–Kier alpha value is -2.73. The van der Waals surface area contributed by atoms with E-state index in [1.54, 1.807) is 6.08 Å². The highest BCUT2D eigenvalue weighted by atomic mass is 32.1. The summed E-state index contributed by atoms with van der Waals surface area (Å²) in [5.41, 5.74) is 2.54. The first-order valence-corrected chi connectivity index (χ1v) is 13.5. The van der Waals surface area contributed by atoms with E-state index in [9.17, 15) is 4.79 Å². The topological polar surface area (TPSA) is 49.3 Å². The average molecular weight is 475 g/mol. The van der Waals surface area contributed by atoms with Crippen LogP contribution in [0.2, 0.25) is 0 Å². The van der Waals surface area contributed by atoms with Crippen molar-refractivity contribution in [3.63, 3.8) is 0 Å². The van der Waals surface area contributed by atoms with Crippen molar-refractivity contribution >= 4 is 39.4 Å². The molecule has 6 heteroatoms. The molecule has 5 nitrogen and oxygen atoms in total. The van der Waals surface area contributed by atoms with Gasteiger partial charge in [0.25, 0.3) is 0 Å². The van der Waals surface area contributed by atoms with Crippen LogP contribution >= 0.6 is 11.3 Å². The Balaban J connectivity index is 1.38. The van der Waals surface area contributed by atoms with E-state index in [1.165, 1.54) is 41.5 Å². The van der Waals surface area contributed by atoms with Gasteiger partial charge in [-0.25, -0.2) is 9.97 Å². The van der Waals surface area contributed by atoms with E-state index in [-0.39, 0.29) is 5.91 Å². The minimum absolute atomic E-state index is 0.0845. The van der Waals surface area contributed by atoms with Gasteiger partial charge in [-0.1, -0.05) is 50.6 Å². The van der Waals surface area contributed by atoms with Crippen LogP contribution in [0.4, 0.5) is 5.82 Å². The number of carbonyl (C=O) groups excluding carboxylic acids is 1. The molecule has 3 heterocycles. The molecule has 1 aromatic carbocycles. The summed E-state index contributed by atoms with van der Waals surface area (Å²) in [6.07, 6.45) is 10.6. The summed E-state index contributed by atoms with van der Waals surface area (Å²) in [5.74, 6) is 2.67. The Morgan fingerprint density at radius 2 is 1.79 bits per heavy atom. The SMILES string of the molecule is CC(C)Cc1nc(N2CCN(C(=O)/C=C/c3ccccc3)CC2)c2c3c(sc2n1)CCCCC3. The standard InChI is InChI=1S/C28H34N4OS/c1-20(2)19-24-29-27(26-22-11-7-4-8-12-23(22)34-28(26)30-24)32-17-15-31(16-18-32)25(33)14-13-21-9-5-3-6-10-21/h3,5-6,9-10,13-14,20H,4,7-8,11-12,15-19H2,1-2H3/b14-13+. The zero-order valence-electron chi connectivity index (χ0n) is 20.3. The zero-order chi connectivity index (χ0) is 23.5. The predicted octanol–water partition coefficient (Wildman–Crippen LogP) is 5.52. The Bertz CT molecular complexity index is 1180. The van der Waals surface area contributed by atoms with E-state index in [2.05, 4.69) is 18.7 Å². The van der Waals surface area contributed by atoms with Gasteiger partial charge in [0.05, 0.1) is 5.39 Å². The quantitative estimate of drug-likeness (QED) is 0.361. The normalized spacial score (nSPS) is 16.9. The molecule has 0 radical (unpaired) electrons. The smallest absolute Gasteiger partial charge is 0.246 e. The highest BCUT2D eigenvalue weighted by Gasteiger charge is 2.26. The summed E-state index contributed by atoms with van der Waals surface area (Å²) in [6, 6.07) is 10.00. The molecule has 34 heavy (non-hydrogen) atoms. The van der Waals surface area contributed by atoms with Crippen molar-refractivity contribution in [2.45, 2.75) is 52.4 Å². The fourth-order valence-electron chi connectivity index (χ4n) is 5.02. The molecular formula is C28H34N4OS. The molecule has 1 amide bonds. The Labute approximate surface area is 206 Å². The lowest BCUT2D eigenvalue weighted by atomic mass is 10.1. The van der Waals surface area contributed by atoms with Crippen molar-refractivity contribution in [3.8, 4) is 0 Å². The molecule has 2 aliphatic rings. The lowest BCUT2D eigenvalue weighted by molar-refractivity contribution is -0.126. The Kier molecular flexibility index (Phi) is 6.95. The van der Waals surface area contributed by atoms with Gasteiger partial charge in [-0.2, -0.15) is 0 Å². The number of fused-ring (bicyclic) bond motifs is 3. The van der Waals surface area contributed by atoms with Crippen LogP contribution in [0.15, 0.2) is 36.4 Å². The summed E-state index contributed by atoms with van der Waals surface area (Å²) in [6.45, 7) is 7.50. The van der Waals surface area contributed by atoms with Gasteiger partial charge in [0.1, 0.15) is 16.5 Å². The van der Waals surface area contributed by atoms with Crippen LogP contribution in [-0.4, -0.2) is 47.0 Å². The van der Waals surface area contributed by atoms with Crippen LogP contribution in [0.3, 0.4) is 0 Å². The predicted molar refractivity (Wildman–Crippen MR) is 141 cm³/mol. The molecule has 1 aliphatic heterocycles. The number of amides is 1. The first-order chi connectivity index (χ1) is 16.6. The largest absolute Gasteiger partial charge is 0.352 e. The van der Waals surface area contributed by atoms with E-state index in [4.69, 9.17) is 9.97 Å². The first kappa shape index (κ1) is 23.0. The lowest BCUT2D eigenvalue weighted by Gasteiger charge is -2.35. The molecule has 5 rings (SSSR count). The van der Waals surface area contributed by atoms with Crippen LogP contribution in [-0.2, 0) is 24.1 Å². The number of benzene rings is 1. The monoisotopic (exact) mass is 474 g/mol. The van der Waals surface area contributed by atoms with Crippen molar-refractivity contribution in [2.75, 3.05) is 31.1 Å². The molecule has 0 bridgehead atoms. The van der Waals surface area contributed by atoms with Gasteiger partial charge in [0, 0.05) is 43.6 Å². The van der Waals surface area contributed by atoms with Crippen molar-refractivity contribution in [2.24, 2.45) is 5.92 Å². The number of piperazine rings is 1. The second-order valence-corrected chi connectivity index (χ2v) is 10.9. The number of hydrogen-bond donors (Lipinski definition) is 0. The molecule has 0 unspecified atom stereocenters. The van der Waals surface area contributed by atoms with Crippen molar-refractivity contribution < 1.29 is 4.79 Å². The van der Waals surface area contributed by atoms with E-state index in [0.717, 1.165) is 61.1 Å². The summed E-state index contributed by atoms with van der Waals surface area (Å²) < 4.78 is 0. The average Bonchev–Trinajstić information content (AvgIpc) is 3.03. The van der Waals surface area contributed by atoms with Crippen LogP contribution in [0, 0.1) is 5.92 Å². The third-order valence-electron chi connectivity index (χ3n) is 6.79. The highest BCUT2D eigenvalue weighted by Crippen LogP contribution is 2.39. The van der Waals surface area contributed by atoms with Crippen LogP contribution in [0.1, 0.15) is 54.9 Å². The summed E-state index contributed by atoms with van der Waals surface area (Å²) in [5, 5.41) is 1.29. The number of aryl methyl sites for hydroxylation is 2. The van der Waals surface area contributed by atoms with Crippen molar-refractivity contribution in [1.29, 1.82) is 0 Å². The van der Waals surface area contributed by atoms with Gasteiger partial charge in [-0.3, -0.25) is 4.79 Å². The molecule has 1 saturated heterocycles. The van der Waals surface area contributed by atoms with Gasteiger partial charge in [-0.05, 0) is 48.8 Å². The molecule has 0 spiro atoms. The molecule has 0 atom stereocenters. The third-order valence-corrected chi connectivity index (χ3v) is 7.98. The molecule has 3 aromatic rings. The van der Waals surface area contributed by atoms with Gasteiger partial charge >= 0.3 is 0 Å². The number of hydrogen-bond acceptors (Lipinski definition) is 5. The van der Waals surface area contributed by atoms with E-state index < -0.39 is 0 Å². The number of aromatic nitrogens is 2. The maximum atomic E-state index is 12.8. The summed E-state index contributed by atoms with van der Waals surface area (Å²) >= 11 is 1.89. The number of thiophene rings is 1. The molecule has 0 saturated carbocycles. The molecule has 178 valence electrons. The van der Waals surface area contributed by atoms with Gasteiger partial charge < -0.3 is 9.80 Å². The number of anilines is 1. The Morgan fingerprint density at radius 3 is 2.56 bits per heavy atom. The summed E-state index contributed by atoms with van der Waals surface area (Å²) in [7, 11) is 0. The second kappa shape index (κ2) is 10.3. The molecule has 2 aromatic heterocycles. The van der Waals surface area contributed by atoms with E-state index in [0.29, 0.717) is 5.92 Å². The van der Waals surface area contributed by atoms with E-state index >= 15 is 0 Å². The molecular weight excluding hydrogens is 440 g/mol. The zero-order valence-corrected chi connectivity index (χ0v) is 21.1. The fourth-order valence-corrected chi connectivity index (χ4v) is 6.29. The van der Waals surface area contributed by atoms with Crippen molar-refractivity contribution in [1.82, 2.24) is 14.9 Å². The molecule has 0 N–H and O–H groups in total. The van der Waals surface area contributed by atoms with Crippen LogP contribution < -0.4 is 4.90 Å². The highest BCUT2D eigenvalue weighted by molar-refractivity contribution is 7.19. The second-order valence-electron chi connectivity index (χ2n) is 9.86. The van der Waals surface area contributed by atoms with Crippen LogP contribution in [0.5, 0.6) is 0 Å². The van der Waals surface area contributed by atoms with E-state index in [1.807, 2.05) is 52.6 Å². The van der Waals surface area contributed by atoms with Gasteiger partial charge in [0.2, 0.25) is 5.91 Å². The summed E-state index contributed by atoms with van der Waals surface area (Å²) in [4.78, 5) is 30.0.